The number of furan rings is 1. The highest BCUT2D eigenvalue weighted by Crippen LogP contribution is 2.24. The smallest absolute Gasteiger partial charge is 0.291 e. The number of pyridine rings is 1. The van der Waals surface area contributed by atoms with Gasteiger partial charge in [-0.25, -0.2) is 0 Å². The summed E-state index contributed by atoms with van der Waals surface area (Å²) in [4.78, 5) is 16.9. The van der Waals surface area contributed by atoms with E-state index in [1.54, 1.807) is 6.07 Å². The number of aromatic nitrogens is 1. The second-order valence-electron chi connectivity index (χ2n) is 5.43. The van der Waals surface area contributed by atoms with Gasteiger partial charge in [0.05, 0.1) is 11.2 Å². The minimum absolute atomic E-state index is 0.269. The van der Waals surface area contributed by atoms with Crippen LogP contribution in [0.4, 0.5) is 5.69 Å². The summed E-state index contributed by atoms with van der Waals surface area (Å²) < 4.78 is 5.61. The molecular weight excluding hydrogens is 288 g/mol. The van der Waals surface area contributed by atoms with Crippen LogP contribution >= 0.6 is 0 Å². The quantitative estimate of drug-likeness (QED) is 0.591. The molecule has 1 N–H and O–H groups in total. The Balaban J connectivity index is 1.71. The van der Waals surface area contributed by atoms with Crippen molar-refractivity contribution in [2.45, 2.75) is 6.92 Å². The van der Waals surface area contributed by atoms with Crippen molar-refractivity contribution in [3.05, 3.63) is 72.1 Å². The maximum Gasteiger partial charge on any atom is 0.291 e. The van der Waals surface area contributed by atoms with Gasteiger partial charge < -0.3 is 9.73 Å². The number of para-hydroxylation sites is 1. The number of hydrogen-bond acceptors (Lipinski definition) is 3. The fraction of sp³-hybridized carbons (Fsp3) is 0.0526. The van der Waals surface area contributed by atoms with Gasteiger partial charge in [0.15, 0.2) is 5.76 Å². The van der Waals surface area contributed by atoms with Crippen molar-refractivity contribution in [1.29, 1.82) is 0 Å². The molecule has 112 valence electrons. The van der Waals surface area contributed by atoms with E-state index in [9.17, 15) is 4.79 Å². The van der Waals surface area contributed by atoms with E-state index in [4.69, 9.17) is 4.42 Å². The Bertz CT molecular complexity index is 1000. The molecule has 1 amide bonds. The number of aryl methyl sites for hydroxylation is 1. The number of fused-ring (bicyclic) bond motifs is 2. The molecule has 0 aliphatic rings. The number of rotatable bonds is 2. The number of hydrogen-bond donors (Lipinski definition) is 1. The number of carbonyl (C=O) groups is 1. The summed E-state index contributed by atoms with van der Waals surface area (Å²) in [5, 5.41) is 4.72. The van der Waals surface area contributed by atoms with Gasteiger partial charge in [-0.2, -0.15) is 0 Å². The lowest BCUT2D eigenvalue weighted by atomic mass is 10.1. The number of amides is 1. The summed E-state index contributed by atoms with van der Waals surface area (Å²) in [5.41, 5.74) is 3.22. The average Bonchev–Trinajstić information content (AvgIpc) is 2.99. The molecule has 2 aromatic heterocycles. The molecule has 4 aromatic rings. The minimum atomic E-state index is -0.269. The predicted molar refractivity (Wildman–Crippen MR) is 90.6 cm³/mol. The summed E-state index contributed by atoms with van der Waals surface area (Å²) in [6.45, 7) is 1.94. The summed E-state index contributed by atoms with van der Waals surface area (Å²) in [7, 11) is 0. The van der Waals surface area contributed by atoms with Crippen LogP contribution in [-0.2, 0) is 0 Å². The lowest BCUT2D eigenvalue weighted by Crippen LogP contribution is -2.11. The highest BCUT2D eigenvalue weighted by Gasteiger charge is 2.13. The predicted octanol–water partition coefficient (Wildman–Crippen LogP) is 4.54. The Kier molecular flexibility index (Phi) is 3.08. The molecule has 4 heteroatoms. The topological polar surface area (TPSA) is 55.1 Å². The highest BCUT2D eigenvalue weighted by atomic mass is 16.3. The zero-order valence-corrected chi connectivity index (χ0v) is 12.5. The summed E-state index contributed by atoms with van der Waals surface area (Å²) in [6, 6.07) is 18.9. The molecular formula is C19H14N2O2. The van der Waals surface area contributed by atoms with Gasteiger partial charge in [-0.05, 0) is 43.3 Å². The third-order valence-corrected chi connectivity index (χ3v) is 3.77. The number of nitrogens with zero attached hydrogens (tertiary/aromatic N) is 1. The molecule has 0 aliphatic carbocycles. The maximum absolute atomic E-state index is 12.5. The maximum atomic E-state index is 12.5. The molecule has 0 aliphatic heterocycles. The first-order valence-corrected chi connectivity index (χ1v) is 7.37. The first-order chi connectivity index (χ1) is 11.2. The van der Waals surface area contributed by atoms with Crippen LogP contribution in [0.5, 0.6) is 0 Å². The molecule has 2 aromatic carbocycles. The molecule has 0 spiro atoms. The Labute approximate surface area is 132 Å². The van der Waals surface area contributed by atoms with Gasteiger partial charge in [-0.3, -0.25) is 9.78 Å². The number of anilines is 1. The van der Waals surface area contributed by atoms with Gasteiger partial charge >= 0.3 is 0 Å². The van der Waals surface area contributed by atoms with Crippen LogP contribution in [0.15, 0.2) is 65.1 Å². The van der Waals surface area contributed by atoms with Gasteiger partial charge in [0.25, 0.3) is 5.91 Å². The summed E-state index contributed by atoms with van der Waals surface area (Å²) >= 11 is 0. The second-order valence-corrected chi connectivity index (χ2v) is 5.43. The van der Waals surface area contributed by atoms with E-state index in [0.29, 0.717) is 11.3 Å². The molecule has 4 rings (SSSR count). The third-order valence-electron chi connectivity index (χ3n) is 3.77. The molecule has 2 heterocycles. The van der Waals surface area contributed by atoms with Crippen LogP contribution in [-0.4, -0.2) is 10.9 Å². The summed E-state index contributed by atoms with van der Waals surface area (Å²) in [6.07, 6.45) is 0. The van der Waals surface area contributed by atoms with E-state index in [1.807, 2.05) is 61.5 Å². The monoisotopic (exact) mass is 302 g/mol. The van der Waals surface area contributed by atoms with Crippen LogP contribution < -0.4 is 5.32 Å². The fourth-order valence-corrected chi connectivity index (χ4v) is 2.64. The highest BCUT2D eigenvalue weighted by molar-refractivity contribution is 6.08. The molecule has 0 saturated heterocycles. The van der Waals surface area contributed by atoms with Crippen molar-refractivity contribution < 1.29 is 9.21 Å². The van der Waals surface area contributed by atoms with Crippen LogP contribution in [0.3, 0.4) is 0 Å². The largest absolute Gasteiger partial charge is 0.451 e. The molecule has 0 atom stereocenters. The normalized spacial score (nSPS) is 11.0. The minimum Gasteiger partial charge on any atom is -0.451 e. The number of carbonyl (C=O) groups excluding carboxylic acids is 1. The number of nitrogens with one attached hydrogen (secondary N) is 1. The van der Waals surface area contributed by atoms with Crippen LogP contribution in [0.25, 0.3) is 21.9 Å². The van der Waals surface area contributed by atoms with Crippen LogP contribution in [0, 0.1) is 6.92 Å². The molecule has 0 fully saturated rings. The standard InChI is InChI=1S/C19H14N2O2/c1-12-9-10-14-15(20-12)6-4-7-16(14)21-19(22)18-11-13-5-2-3-8-17(13)23-18/h2-11H,1H3,(H,21,22). The summed E-state index contributed by atoms with van der Waals surface area (Å²) in [5.74, 6) is 0.0255. The van der Waals surface area contributed by atoms with Crippen LogP contribution in [0.1, 0.15) is 16.2 Å². The van der Waals surface area contributed by atoms with Crippen molar-refractivity contribution in [1.82, 2.24) is 4.98 Å². The molecule has 0 bridgehead atoms. The first-order valence-electron chi connectivity index (χ1n) is 7.37. The fourth-order valence-electron chi connectivity index (χ4n) is 2.64. The zero-order valence-electron chi connectivity index (χ0n) is 12.5. The van der Waals surface area contributed by atoms with E-state index >= 15 is 0 Å². The van der Waals surface area contributed by atoms with Crippen molar-refractivity contribution in [2.75, 3.05) is 5.32 Å². The Morgan fingerprint density at radius 2 is 1.91 bits per heavy atom. The van der Waals surface area contributed by atoms with Gasteiger partial charge in [0.2, 0.25) is 0 Å². The van der Waals surface area contributed by atoms with E-state index in [-0.39, 0.29) is 5.91 Å². The molecule has 4 nitrogen and oxygen atoms in total. The van der Waals surface area contributed by atoms with Crippen molar-refractivity contribution in [3.63, 3.8) is 0 Å². The SMILES string of the molecule is Cc1ccc2c(NC(=O)c3cc4ccccc4o3)cccc2n1. The molecule has 0 saturated carbocycles. The Morgan fingerprint density at radius 1 is 1.04 bits per heavy atom. The van der Waals surface area contributed by atoms with E-state index in [2.05, 4.69) is 10.3 Å². The third kappa shape index (κ3) is 2.44. The van der Waals surface area contributed by atoms with Crippen LogP contribution in [0.2, 0.25) is 0 Å². The molecule has 0 radical (unpaired) electrons. The first kappa shape index (κ1) is 13.5. The van der Waals surface area contributed by atoms with E-state index < -0.39 is 0 Å². The van der Waals surface area contributed by atoms with Crippen molar-refractivity contribution in [3.8, 4) is 0 Å². The second kappa shape index (κ2) is 5.25. The van der Waals surface area contributed by atoms with Gasteiger partial charge in [0.1, 0.15) is 5.58 Å². The lowest BCUT2D eigenvalue weighted by molar-refractivity contribution is 0.0999. The van der Waals surface area contributed by atoms with Gasteiger partial charge in [-0.1, -0.05) is 24.3 Å². The zero-order chi connectivity index (χ0) is 15.8. The Hall–Kier alpha value is -3.14. The van der Waals surface area contributed by atoms with E-state index in [1.165, 1.54) is 0 Å². The Morgan fingerprint density at radius 3 is 2.78 bits per heavy atom. The van der Waals surface area contributed by atoms with Crippen molar-refractivity contribution >= 4 is 33.5 Å². The number of benzene rings is 2. The van der Waals surface area contributed by atoms with Crippen molar-refractivity contribution in [2.24, 2.45) is 0 Å². The lowest BCUT2D eigenvalue weighted by Gasteiger charge is -2.07. The van der Waals surface area contributed by atoms with E-state index in [0.717, 1.165) is 27.7 Å². The van der Waals surface area contributed by atoms with Gasteiger partial charge in [0, 0.05) is 16.5 Å². The molecule has 0 unspecified atom stereocenters. The molecule has 23 heavy (non-hydrogen) atoms. The average molecular weight is 302 g/mol. The van der Waals surface area contributed by atoms with Gasteiger partial charge in [-0.15, -0.1) is 0 Å².